The van der Waals surface area contributed by atoms with Gasteiger partial charge in [-0.3, -0.25) is 4.79 Å². The lowest BCUT2D eigenvalue weighted by atomic mass is 10.3. The van der Waals surface area contributed by atoms with Crippen LogP contribution in [0.25, 0.3) is 0 Å². The van der Waals surface area contributed by atoms with Crippen molar-refractivity contribution in [3.05, 3.63) is 40.3 Å². The molecule has 0 saturated heterocycles. The van der Waals surface area contributed by atoms with Gasteiger partial charge in [-0.1, -0.05) is 11.6 Å². The lowest BCUT2D eigenvalue weighted by Crippen LogP contribution is -2.26. The van der Waals surface area contributed by atoms with Crippen molar-refractivity contribution in [2.75, 3.05) is 5.32 Å². The molecule has 1 atom stereocenters. The average Bonchev–Trinajstić information content (AvgIpc) is 2.88. The summed E-state index contributed by atoms with van der Waals surface area (Å²) in [4.78, 5) is 15.8. The number of imidazole rings is 1. The normalized spacial score (nSPS) is 12.4. The van der Waals surface area contributed by atoms with Crippen molar-refractivity contribution in [1.29, 1.82) is 0 Å². The Bertz CT molecular complexity index is 593. The highest BCUT2D eigenvalue weighted by Crippen LogP contribution is 2.16. The number of aromatic nitrogens is 4. The zero-order chi connectivity index (χ0) is 13.8. The van der Waals surface area contributed by atoms with E-state index in [2.05, 4.69) is 15.4 Å². The zero-order valence-electron chi connectivity index (χ0n) is 10.9. The lowest BCUT2D eigenvalue weighted by Gasteiger charge is -2.16. The van der Waals surface area contributed by atoms with Crippen LogP contribution >= 0.6 is 11.6 Å². The smallest absolute Gasteiger partial charge is 0.287 e. The fourth-order valence-electron chi connectivity index (χ4n) is 1.81. The first-order valence-corrected chi connectivity index (χ1v) is 6.47. The average molecular weight is 282 g/mol. The number of anilines is 1. The molecule has 1 N–H and O–H groups in total. The first-order valence-electron chi connectivity index (χ1n) is 6.09. The van der Waals surface area contributed by atoms with Gasteiger partial charge in [-0.15, -0.1) is 0 Å². The molecule has 0 amide bonds. The number of nitrogens with one attached hydrogen (secondary N) is 1. The molecule has 0 aromatic carbocycles. The quantitative estimate of drug-likeness (QED) is 0.904. The maximum atomic E-state index is 11.8. The Balaban J connectivity index is 2.11. The SMILES string of the molecule is CCn1ncc(NC(C)Cn2ccnc2)c(Cl)c1=O. The zero-order valence-corrected chi connectivity index (χ0v) is 11.6. The molecule has 0 spiro atoms. The lowest BCUT2D eigenvalue weighted by molar-refractivity contribution is 0.605. The summed E-state index contributed by atoms with van der Waals surface area (Å²) in [7, 11) is 0. The molecule has 2 rings (SSSR count). The van der Waals surface area contributed by atoms with E-state index in [9.17, 15) is 4.79 Å². The van der Waals surface area contributed by atoms with E-state index < -0.39 is 0 Å². The van der Waals surface area contributed by atoms with Gasteiger partial charge in [-0.25, -0.2) is 9.67 Å². The van der Waals surface area contributed by atoms with Crippen molar-refractivity contribution in [3.63, 3.8) is 0 Å². The minimum atomic E-state index is -0.274. The van der Waals surface area contributed by atoms with Gasteiger partial charge in [-0.05, 0) is 13.8 Å². The second kappa shape index (κ2) is 5.88. The van der Waals surface area contributed by atoms with E-state index in [-0.39, 0.29) is 16.6 Å². The van der Waals surface area contributed by atoms with Gasteiger partial charge in [0.25, 0.3) is 5.56 Å². The Labute approximate surface area is 116 Å². The number of hydrogen-bond donors (Lipinski definition) is 1. The topological polar surface area (TPSA) is 64.7 Å². The molecule has 1 unspecified atom stereocenters. The molecule has 2 aromatic rings. The Hall–Kier alpha value is -1.82. The van der Waals surface area contributed by atoms with Gasteiger partial charge in [0.15, 0.2) is 0 Å². The largest absolute Gasteiger partial charge is 0.378 e. The molecule has 19 heavy (non-hydrogen) atoms. The number of nitrogens with zero attached hydrogens (tertiary/aromatic N) is 4. The highest BCUT2D eigenvalue weighted by molar-refractivity contribution is 6.32. The summed E-state index contributed by atoms with van der Waals surface area (Å²) in [6.07, 6.45) is 6.93. The standard InChI is InChI=1S/C12H16ClN5O/c1-3-18-12(19)11(13)10(6-15-18)16-9(2)7-17-5-4-14-8-17/h4-6,8-9,16H,3,7H2,1-2H3. The summed E-state index contributed by atoms with van der Waals surface area (Å²) in [5.41, 5.74) is 0.285. The third kappa shape index (κ3) is 3.14. The molecule has 0 bridgehead atoms. The fourth-order valence-corrected chi connectivity index (χ4v) is 2.01. The van der Waals surface area contributed by atoms with Gasteiger partial charge in [0.1, 0.15) is 5.02 Å². The highest BCUT2D eigenvalue weighted by atomic mass is 35.5. The molecule has 0 aliphatic heterocycles. The molecule has 0 aliphatic rings. The molecule has 7 heteroatoms. The van der Waals surface area contributed by atoms with Crippen LogP contribution in [0.5, 0.6) is 0 Å². The van der Waals surface area contributed by atoms with E-state index >= 15 is 0 Å². The molecular weight excluding hydrogens is 266 g/mol. The third-order valence-electron chi connectivity index (χ3n) is 2.73. The predicted molar refractivity (Wildman–Crippen MR) is 74.5 cm³/mol. The molecule has 2 heterocycles. The second-order valence-electron chi connectivity index (χ2n) is 4.30. The molecule has 2 aromatic heterocycles. The molecule has 0 aliphatic carbocycles. The van der Waals surface area contributed by atoms with Crippen LogP contribution in [-0.2, 0) is 13.1 Å². The monoisotopic (exact) mass is 281 g/mol. The van der Waals surface area contributed by atoms with Crippen LogP contribution in [0, 0.1) is 0 Å². The maximum Gasteiger partial charge on any atom is 0.287 e. The van der Waals surface area contributed by atoms with Gasteiger partial charge in [-0.2, -0.15) is 5.10 Å². The first-order chi connectivity index (χ1) is 9.11. The minimum Gasteiger partial charge on any atom is -0.378 e. The molecular formula is C12H16ClN5O. The van der Waals surface area contributed by atoms with Crippen LogP contribution in [0.3, 0.4) is 0 Å². The van der Waals surface area contributed by atoms with Crippen LogP contribution in [0.15, 0.2) is 29.7 Å². The van der Waals surface area contributed by atoms with Gasteiger partial charge in [0.05, 0.1) is 18.2 Å². The maximum absolute atomic E-state index is 11.8. The molecule has 0 radical (unpaired) electrons. The van der Waals surface area contributed by atoms with E-state index in [0.29, 0.717) is 12.2 Å². The number of hydrogen-bond acceptors (Lipinski definition) is 4. The van der Waals surface area contributed by atoms with Gasteiger partial charge >= 0.3 is 0 Å². The van der Waals surface area contributed by atoms with Crippen molar-refractivity contribution in [2.45, 2.75) is 33.0 Å². The van der Waals surface area contributed by atoms with Crippen LogP contribution in [-0.4, -0.2) is 25.4 Å². The van der Waals surface area contributed by atoms with Crippen LogP contribution < -0.4 is 10.9 Å². The van der Waals surface area contributed by atoms with E-state index in [1.165, 1.54) is 4.68 Å². The summed E-state index contributed by atoms with van der Waals surface area (Å²) in [5.74, 6) is 0. The van der Waals surface area contributed by atoms with Gasteiger partial charge in [0.2, 0.25) is 0 Å². The minimum absolute atomic E-state index is 0.102. The van der Waals surface area contributed by atoms with Gasteiger partial charge < -0.3 is 9.88 Å². The second-order valence-corrected chi connectivity index (χ2v) is 4.68. The highest BCUT2D eigenvalue weighted by Gasteiger charge is 2.11. The van der Waals surface area contributed by atoms with Crippen molar-refractivity contribution in [2.24, 2.45) is 0 Å². The van der Waals surface area contributed by atoms with Crippen molar-refractivity contribution >= 4 is 17.3 Å². The Kier molecular flexibility index (Phi) is 4.21. The third-order valence-corrected chi connectivity index (χ3v) is 3.10. The predicted octanol–water partition coefficient (Wildman–Crippen LogP) is 1.61. The van der Waals surface area contributed by atoms with Crippen LogP contribution in [0.2, 0.25) is 5.02 Å². The summed E-state index contributed by atoms with van der Waals surface area (Å²) in [6, 6.07) is 0.102. The fraction of sp³-hybridized carbons (Fsp3) is 0.417. The Morgan fingerprint density at radius 2 is 2.32 bits per heavy atom. The summed E-state index contributed by atoms with van der Waals surface area (Å²) in [5, 5.41) is 7.41. The van der Waals surface area contributed by atoms with E-state index in [4.69, 9.17) is 11.6 Å². The summed E-state index contributed by atoms with van der Waals surface area (Å²) >= 11 is 6.05. The van der Waals surface area contributed by atoms with Crippen molar-refractivity contribution in [3.8, 4) is 0 Å². The molecule has 6 nitrogen and oxygen atoms in total. The first kappa shape index (κ1) is 13.6. The summed E-state index contributed by atoms with van der Waals surface area (Å²) < 4.78 is 3.28. The van der Waals surface area contributed by atoms with Crippen molar-refractivity contribution in [1.82, 2.24) is 19.3 Å². The number of rotatable bonds is 5. The number of halogens is 1. The van der Waals surface area contributed by atoms with Crippen molar-refractivity contribution < 1.29 is 0 Å². The van der Waals surface area contributed by atoms with E-state index in [1.807, 2.05) is 24.6 Å². The van der Waals surface area contributed by atoms with E-state index in [0.717, 1.165) is 6.54 Å². The van der Waals surface area contributed by atoms with Crippen LogP contribution in [0.1, 0.15) is 13.8 Å². The molecule has 0 fully saturated rings. The summed E-state index contributed by atoms with van der Waals surface area (Å²) in [6.45, 7) is 5.08. The molecule has 102 valence electrons. The Morgan fingerprint density at radius 1 is 1.53 bits per heavy atom. The van der Waals surface area contributed by atoms with Crippen LogP contribution in [0.4, 0.5) is 5.69 Å². The Morgan fingerprint density at radius 3 is 2.95 bits per heavy atom. The number of aryl methyl sites for hydroxylation is 1. The van der Waals surface area contributed by atoms with Gasteiger partial charge in [0, 0.05) is 31.5 Å². The molecule has 0 saturated carbocycles. The van der Waals surface area contributed by atoms with E-state index in [1.54, 1.807) is 18.7 Å².